The molecule has 7 fully saturated rings. The van der Waals surface area contributed by atoms with Crippen LogP contribution in [0.15, 0.2) is 11.6 Å². The van der Waals surface area contributed by atoms with Gasteiger partial charge in [-0.1, -0.05) is 13.8 Å². The number of hydrogen-bond donors (Lipinski definition) is 5. The molecule has 4 aliphatic carbocycles. The average molecular weight is 795 g/mol. The van der Waals surface area contributed by atoms with Gasteiger partial charge in [0.05, 0.1) is 54.4 Å². The Hall–Kier alpha value is -1.27. The first-order valence-electron chi connectivity index (χ1n) is 21.3. The number of methoxy groups -OCH3 is 1. The standard InChI is InChI=1S/C42H66O14/c1-20-37(49-6)29(43)16-35(51-20)55-39-22(3)53-36(18-31(39)45)56-38-21(2)52-34(17-30(38)44)54-25-9-11-40(4)24(14-25)7-8-27-28(40)15-32(46)41(5)26(10-12-42(27,41)48)23-13-33(47)50-19-23/h13,20-22,24-32,34-39,43-46,48H,7-12,14-19H2,1-6H3/t20-,21-,22-,24-,25+,26-,27-,28+,29+,30+,31+,32-,34+,35+,36+,37-,38-,39-,40+,41+,42-/m1/s1. The molecule has 0 bridgehead atoms. The predicted octanol–water partition coefficient (Wildman–Crippen LogP) is 2.87. The summed E-state index contributed by atoms with van der Waals surface area (Å²) in [7, 11) is 1.53. The zero-order valence-corrected chi connectivity index (χ0v) is 33.9. The van der Waals surface area contributed by atoms with Crippen molar-refractivity contribution in [1.82, 2.24) is 0 Å². The van der Waals surface area contributed by atoms with E-state index in [1.807, 2.05) is 20.8 Å². The lowest BCUT2D eigenvalue weighted by Gasteiger charge is -2.65. The van der Waals surface area contributed by atoms with Gasteiger partial charge in [0.2, 0.25) is 0 Å². The van der Waals surface area contributed by atoms with Gasteiger partial charge >= 0.3 is 5.97 Å². The monoisotopic (exact) mass is 794 g/mol. The highest BCUT2D eigenvalue weighted by atomic mass is 16.7. The van der Waals surface area contributed by atoms with Gasteiger partial charge in [0.1, 0.15) is 24.9 Å². The van der Waals surface area contributed by atoms with Gasteiger partial charge in [0, 0.05) is 37.9 Å². The first-order chi connectivity index (χ1) is 26.5. The zero-order chi connectivity index (χ0) is 39.9. The number of ether oxygens (including phenoxy) is 8. The Kier molecular flexibility index (Phi) is 11.6. The largest absolute Gasteiger partial charge is 0.458 e. The third kappa shape index (κ3) is 7.02. The van der Waals surface area contributed by atoms with E-state index in [9.17, 15) is 30.3 Å². The van der Waals surface area contributed by atoms with E-state index < -0.39 is 84.8 Å². The van der Waals surface area contributed by atoms with Crippen molar-refractivity contribution in [3.63, 3.8) is 0 Å². The predicted molar refractivity (Wildman–Crippen MR) is 197 cm³/mol. The number of fused-ring (bicyclic) bond motifs is 5. The van der Waals surface area contributed by atoms with Gasteiger partial charge in [-0.2, -0.15) is 0 Å². The number of hydrogen-bond acceptors (Lipinski definition) is 14. The Morgan fingerprint density at radius 1 is 0.696 bits per heavy atom. The van der Waals surface area contributed by atoms with Crippen LogP contribution in [0.25, 0.3) is 0 Å². The summed E-state index contributed by atoms with van der Waals surface area (Å²) in [6.45, 7) is 10.1. The summed E-state index contributed by atoms with van der Waals surface area (Å²) in [4.78, 5) is 12.0. The Morgan fingerprint density at radius 3 is 1.80 bits per heavy atom. The van der Waals surface area contributed by atoms with Crippen LogP contribution in [0.3, 0.4) is 0 Å². The van der Waals surface area contributed by atoms with Crippen molar-refractivity contribution in [3.8, 4) is 0 Å². The summed E-state index contributed by atoms with van der Waals surface area (Å²) in [5, 5.41) is 57.3. The zero-order valence-electron chi connectivity index (χ0n) is 33.9. The van der Waals surface area contributed by atoms with Gasteiger partial charge in [-0.15, -0.1) is 0 Å². The molecule has 0 unspecified atom stereocenters. The van der Waals surface area contributed by atoms with Crippen molar-refractivity contribution in [2.75, 3.05) is 13.7 Å². The molecule has 4 heterocycles. The van der Waals surface area contributed by atoms with E-state index in [1.54, 1.807) is 13.0 Å². The molecule has 0 radical (unpaired) electrons. The van der Waals surface area contributed by atoms with E-state index in [2.05, 4.69) is 6.92 Å². The van der Waals surface area contributed by atoms with Crippen molar-refractivity contribution in [1.29, 1.82) is 0 Å². The first kappa shape index (κ1) is 41.5. The molecule has 21 atom stereocenters. The van der Waals surface area contributed by atoms with Gasteiger partial charge < -0.3 is 63.4 Å². The van der Waals surface area contributed by atoms with Gasteiger partial charge in [-0.05, 0) is 107 Å². The second kappa shape index (κ2) is 15.6. The van der Waals surface area contributed by atoms with Crippen molar-refractivity contribution >= 4 is 5.97 Å². The quantitative estimate of drug-likeness (QED) is 0.178. The Bertz CT molecular complexity index is 1430. The molecule has 8 aliphatic rings. The molecule has 4 saturated carbocycles. The minimum atomic E-state index is -1.01. The van der Waals surface area contributed by atoms with E-state index in [0.717, 1.165) is 44.1 Å². The lowest BCUT2D eigenvalue weighted by Crippen LogP contribution is -2.67. The number of carbonyl (C=O) groups is 1. The van der Waals surface area contributed by atoms with Gasteiger partial charge in [0.25, 0.3) is 0 Å². The van der Waals surface area contributed by atoms with Gasteiger partial charge in [-0.3, -0.25) is 0 Å². The number of aliphatic hydroxyl groups is 5. The molecule has 318 valence electrons. The SMILES string of the molecule is CO[C@H]1[C@@H](O)C[C@H](O[C@H]2[C@@H](O)C[C@H](O[C@H]3[C@@H](O)C[C@H](O[C@H]4CC[C@@]5(C)[C@H](CC[C@@H]6[C@@H]5C[C@@H](O)[C@]5(C)[C@@H](C7=CC(=O)OC7)CC[C@@]65O)C4)O[C@@H]3C)O[C@@H]2C)O[C@@H]1C. The van der Waals surface area contributed by atoms with Crippen LogP contribution in [0, 0.1) is 34.5 Å². The maximum absolute atomic E-state index is 12.6. The third-order valence-corrected chi connectivity index (χ3v) is 16.2. The van der Waals surface area contributed by atoms with Crippen molar-refractivity contribution in [2.45, 2.75) is 197 Å². The highest BCUT2D eigenvalue weighted by Crippen LogP contribution is 2.70. The minimum absolute atomic E-state index is 0.0386. The maximum Gasteiger partial charge on any atom is 0.331 e. The van der Waals surface area contributed by atoms with Crippen LogP contribution in [0.2, 0.25) is 0 Å². The molecule has 56 heavy (non-hydrogen) atoms. The molecule has 14 heteroatoms. The summed E-state index contributed by atoms with van der Waals surface area (Å²) in [6.07, 6.45) is -0.0154. The Morgan fingerprint density at radius 2 is 1.27 bits per heavy atom. The van der Waals surface area contributed by atoms with Crippen LogP contribution >= 0.6 is 0 Å². The summed E-state index contributed by atoms with van der Waals surface area (Å²) in [5.41, 5.74) is -0.877. The molecule has 0 spiro atoms. The summed E-state index contributed by atoms with van der Waals surface area (Å²) >= 11 is 0. The molecule has 0 amide bonds. The van der Waals surface area contributed by atoms with E-state index in [1.165, 1.54) is 7.11 Å². The third-order valence-electron chi connectivity index (χ3n) is 16.2. The fourth-order valence-corrected chi connectivity index (χ4v) is 13.1. The van der Waals surface area contributed by atoms with E-state index in [0.29, 0.717) is 18.8 Å². The van der Waals surface area contributed by atoms with Crippen molar-refractivity contribution in [2.24, 2.45) is 34.5 Å². The number of aliphatic hydroxyl groups excluding tert-OH is 4. The highest BCUT2D eigenvalue weighted by Gasteiger charge is 2.71. The molecule has 0 aromatic heterocycles. The second-order valence-electron chi connectivity index (χ2n) is 19.0. The van der Waals surface area contributed by atoms with Crippen LogP contribution in [0.1, 0.15) is 105 Å². The second-order valence-corrected chi connectivity index (χ2v) is 19.0. The maximum atomic E-state index is 12.6. The van der Waals surface area contributed by atoms with Crippen molar-refractivity contribution < 1.29 is 68.2 Å². The van der Waals surface area contributed by atoms with Crippen molar-refractivity contribution in [3.05, 3.63) is 11.6 Å². The minimum Gasteiger partial charge on any atom is -0.458 e. The molecule has 14 nitrogen and oxygen atoms in total. The molecule has 5 N–H and O–H groups in total. The topological polar surface area (TPSA) is 192 Å². The van der Waals surface area contributed by atoms with Crippen LogP contribution in [-0.4, -0.2) is 137 Å². The normalized spacial score (nSPS) is 54.8. The Balaban J connectivity index is 0.832. The first-order valence-corrected chi connectivity index (χ1v) is 21.3. The van der Waals surface area contributed by atoms with Crippen LogP contribution in [0.4, 0.5) is 0 Å². The summed E-state index contributed by atoms with van der Waals surface area (Å²) in [5.74, 6) is 0.223. The number of carbonyl (C=O) groups excluding carboxylic acids is 1. The van der Waals surface area contributed by atoms with Crippen LogP contribution in [0.5, 0.6) is 0 Å². The molecule has 4 aliphatic heterocycles. The molecular weight excluding hydrogens is 728 g/mol. The smallest absolute Gasteiger partial charge is 0.331 e. The van der Waals surface area contributed by atoms with E-state index in [-0.39, 0.29) is 67.2 Å². The van der Waals surface area contributed by atoms with Crippen LogP contribution in [-0.2, 0) is 42.7 Å². The molecule has 3 saturated heterocycles. The molecule has 0 aromatic rings. The lowest BCUT2D eigenvalue weighted by atomic mass is 9.42. The molecule has 0 aromatic carbocycles. The fourth-order valence-electron chi connectivity index (χ4n) is 13.1. The number of rotatable bonds is 8. The van der Waals surface area contributed by atoms with Gasteiger partial charge in [-0.25, -0.2) is 4.79 Å². The molecular formula is C42H66O14. The van der Waals surface area contributed by atoms with E-state index in [4.69, 9.17) is 37.9 Å². The number of cyclic esters (lactones) is 1. The summed E-state index contributed by atoms with van der Waals surface area (Å²) < 4.78 is 47.8. The van der Waals surface area contributed by atoms with E-state index >= 15 is 0 Å². The Labute approximate surface area is 330 Å². The van der Waals surface area contributed by atoms with Gasteiger partial charge in [0.15, 0.2) is 18.9 Å². The average Bonchev–Trinajstić information content (AvgIpc) is 3.68. The highest BCUT2D eigenvalue weighted by molar-refractivity contribution is 5.85. The van der Waals surface area contributed by atoms with Crippen LogP contribution < -0.4 is 0 Å². The lowest BCUT2D eigenvalue weighted by molar-refractivity contribution is -0.336. The number of esters is 1. The fraction of sp³-hybridized carbons (Fsp3) is 0.929. The molecule has 8 rings (SSSR count). The summed E-state index contributed by atoms with van der Waals surface area (Å²) in [6, 6.07) is 0.